The van der Waals surface area contributed by atoms with Crippen molar-refractivity contribution in [3.05, 3.63) is 0 Å². The van der Waals surface area contributed by atoms with Crippen molar-refractivity contribution in [2.75, 3.05) is 20.8 Å². The highest BCUT2D eigenvalue weighted by molar-refractivity contribution is 6.41. The van der Waals surface area contributed by atoms with E-state index < -0.39 is 9.45 Å². The molecule has 1 radical (unpaired) electrons. The molecule has 0 fully saturated rings. The standard InChI is InChI=1S/C4H12NO2Si/c1-4-5-8(6-2)7-3/h5H,4H2,1-3H3. The Morgan fingerprint density at radius 2 is 1.88 bits per heavy atom. The number of rotatable bonds is 4. The Balaban J connectivity index is 3.07. The second kappa shape index (κ2) is 5.24. The Bertz CT molecular complexity index is 49.3. The topological polar surface area (TPSA) is 30.5 Å². The Morgan fingerprint density at radius 3 is 2.00 bits per heavy atom. The van der Waals surface area contributed by atoms with Crippen molar-refractivity contribution in [3.63, 3.8) is 0 Å². The second-order valence-corrected chi connectivity index (χ2v) is 2.97. The number of nitrogens with one attached hydrogen (secondary N) is 1. The maximum absolute atomic E-state index is 4.91. The lowest BCUT2D eigenvalue weighted by Gasteiger charge is -2.06. The molecule has 0 spiro atoms. The third-order valence-electron chi connectivity index (χ3n) is 0.692. The zero-order valence-corrected chi connectivity index (χ0v) is 6.52. The zero-order chi connectivity index (χ0) is 6.41. The SMILES string of the molecule is CCN[Si](OC)OC. The van der Waals surface area contributed by atoms with E-state index in [0.29, 0.717) is 0 Å². The van der Waals surface area contributed by atoms with Crippen LogP contribution in [0.3, 0.4) is 0 Å². The third kappa shape index (κ3) is 3.14. The molecule has 0 rings (SSSR count). The fraction of sp³-hybridized carbons (Fsp3) is 1.00. The maximum Gasteiger partial charge on any atom is 0.487 e. The summed E-state index contributed by atoms with van der Waals surface area (Å²) in [5, 5.41) is 0. The molecule has 1 N–H and O–H groups in total. The fourth-order valence-electron chi connectivity index (χ4n) is 0.372. The predicted molar refractivity (Wildman–Crippen MR) is 33.4 cm³/mol. The summed E-state index contributed by atoms with van der Waals surface area (Å²) in [5.74, 6) is 0. The lowest BCUT2D eigenvalue weighted by atomic mass is 10.8. The molecule has 0 aliphatic heterocycles. The van der Waals surface area contributed by atoms with Gasteiger partial charge in [-0.25, -0.2) is 0 Å². The molecule has 0 aromatic heterocycles. The smallest absolute Gasteiger partial charge is 0.384 e. The predicted octanol–water partition coefficient (Wildman–Crippen LogP) is -0.126. The molecule has 0 amide bonds. The van der Waals surface area contributed by atoms with Gasteiger partial charge >= 0.3 is 9.45 Å². The van der Waals surface area contributed by atoms with E-state index in [1.54, 1.807) is 14.2 Å². The molecule has 4 heteroatoms. The van der Waals surface area contributed by atoms with E-state index in [1.165, 1.54) is 0 Å². The summed E-state index contributed by atoms with van der Waals surface area (Å²) in [6, 6.07) is 0. The summed E-state index contributed by atoms with van der Waals surface area (Å²) < 4.78 is 9.82. The average molecular weight is 134 g/mol. The lowest BCUT2D eigenvalue weighted by Crippen LogP contribution is -2.37. The molecule has 0 atom stereocenters. The summed E-state index contributed by atoms with van der Waals surface area (Å²) in [6.07, 6.45) is 0. The molecule has 0 aromatic rings. The largest absolute Gasteiger partial charge is 0.487 e. The van der Waals surface area contributed by atoms with Crippen LogP contribution >= 0.6 is 0 Å². The van der Waals surface area contributed by atoms with Gasteiger partial charge in [-0.3, -0.25) is 4.98 Å². The van der Waals surface area contributed by atoms with Crippen LogP contribution in [0.4, 0.5) is 0 Å². The van der Waals surface area contributed by atoms with Gasteiger partial charge in [0.1, 0.15) is 0 Å². The number of hydrogen-bond acceptors (Lipinski definition) is 3. The van der Waals surface area contributed by atoms with E-state index in [0.717, 1.165) is 6.54 Å². The van der Waals surface area contributed by atoms with Crippen molar-refractivity contribution in [3.8, 4) is 0 Å². The van der Waals surface area contributed by atoms with Crippen LogP contribution in [-0.2, 0) is 8.85 Å². The molecule has 0 bridgehead atoms. The maximum atomic E-state index is 4.91. The molecular formula is C4H12NO2Si. The van der Waals surface area contributed by atoms with Crippen molar-refractivity contribution in [1.82, 2.24) is 4.98 Å². The van der Waals surface area contributed by atoms with Crippen LogP contribution in [-0.4, -0.2) is 30.2 Å². The van der Waals surface area contributed by atoms with Crippen LogP contribution in [0.1, 0.15) is 6.92 Å². The molecule has 0 aromatic carbocycles. The minimum Gasteiger partial charge on any atom is -0.384 e. The van der Waals surface area contributed by atoms with Gasteiger partial charge in [0, 0.05) is 14.2 Å². The summed E-state index contributed by atoms with van der Waals surface area (Å²) in [4.78, 5) is 3.04. The van der Waals surface area contributed by atoms with Crippen molar-refractivity contribution in [2.45, 2.75) is 6.92 Å². The van der Waals surface area contributed by atoms with Gasteiger partial charge in [-0.1, -0.05) is 6.92 Å². The van der Waals surface area contributed by atoms with Gasteiger partial charge < -0.3 is 8.85 Å². The van der Waals surface area contributed by atoms with Gasteiger partial charge in [-0.15, -0.1) is 0 Å². The first-order chi connectivity index (χ1) is 3.85. The van der Waals surface area contributed by atoms with Gasteiger partial charge in [-0.2, -0.15) is 0 Å². The van der Waals surface area contributed by atoms with Crippen LogP contribution < -0.4 is 4.98 Å². The van der Waals surface area contributed by atoms with E-state index in [9.17, 15) is 0 Å². The van der Waals surface area contributed by atoms with Crippen LogP contribution in [0.15, 0.2) is 0 Å². The van der Waals surface area contributed by atoms with Gasteiger partial charge in [0.05, 0.1) is 0 Å². The second-order valence-electron chi connectivity index (χ2n) is 1.23. The van der Waals surface area contributed by atoms with E-state index in [1.807, 2.05) is 6.92 Å². The Kier molecular flexibility index (Phi) is 5.30. The molecule has 0 aliphatic rings. The Morgan fingerprint density at radius 1 is 1.38 bits per heavy atom. The van der Waals surface area contributed by atoms with E-state index in [-0.39, 0.29) is 0 Å². The van der Waals surface area contributed by atoms with Crippen LogP contribution in [0, 0.1) is 0 Å². The van der Waals surface area contributed by atoms with E-state index in [2.05, 4.69) is 4.98 Å². The quantitative estimate of drug-likeness (QED) is 0.543. The first-order valence-electron chi connectivity index (χ1n) is 2.54. The third-order valence-corrected chi connectivity index (χ3v) is 2.08. The Labute approximate surface area is 51.9 Å². The van der Waals surface area contributed by atoms with Gasteiger partial charge in [0.2, 0.25) is 0 Å². The fourth-order valence-corrected chi connectivity index (χ4v) is 1.12. The molecule has 0 aliphatic carbocycles. The molecule has 0 saturated heterocycles. The molecule has 3 nitrogen and oxygen atoms in total. The monoisotopic (exact) mass is 134 g/mol. The molecule has 0 heterocycles. The highest BCUT2D eigenvalue weighted by Gasteiger charge is 2.08. The first kappa shape index (κ1) is 8.10. The molecule has 8 heavy (non-hydrogen) atoms. The van der Waals surface area contributed by atoms with Crippen molar-refractivity contribution in [2.24, 2.45) is 0 Å². The normalized spacial score (nSPS) is 10.5. The molecule has 0 saturated carbocycles. The minimum absolute atomic E-state index is 0.899. The molecular weight excluding hydrogens is 122 g/mol. The van der Waals surface area contributed by atoms with E-state index in [4.69, 9.17) is 8.85 Å². The summed E-state index contributed by atoms with van der Waals surface area (Å²) >= 11 is 0. The average Bonchev–Trinajstić information content (AvgIpc) is 1.83. The zero-order valence-electron chi connectivity index (χ0n) is 5.52. The van der Waals surface area contributed by atoms with E-state index >= 15 is 0 Å². The lowest BCUT2D eigenvalue weighted by molar-refractivity contribution is 0.266. The van der Waals surface area contributed by atoms with Crippen molar-refractivity contribution < 1.29 is 8.85 Å². The summed E-state index contributed by atoms with van der Waals surface area (Å²) in [6.45, 7) is 2.92. The van der Waals surface area contributed by atoms with Crippen molar-refractivity contribution >= 4 is 9.45 Å². The highest BCUT2D eigenvalue weighted by atomic mass is 28.3. The van der Waals surface area contributed by atoms with Crippen LogP contribution in [0.5, 0.6) is 0 Å². The Hall–Kier alpha value is 0.0969. The van der Waals surface area contributed by atoms with Crippen LogP contribution in [0.2, 0.25) is 0 Å². The first-order valence-corrected chi connectivity index (χ1v) is 3.85. The molecule has 0 unspecified atom stereocenters. The number of hydrogen-bond donors (Lipinski definition) is 1. The minimum atomic E-state index is -1.12. The summed E-state index contributed by atoms with van der Waals surface area (Å²) in [5.41, 5.74) is 0. The molecule has 49 valence electrons. The van der Waals surface area contributed by atoms with Gasteiger partial charge in [0.15, 0.2) is 0 Å². The van der Waals surface area contributed by atoms with Gasteiger partial charge in [0.25, 0.3) is 0 Å². The van der Waals surface area contributed by atoms with Crippen molar-refractivity contribution in [1.29, 1.82) is 0 Å². The highest BCUT2D eigenvalue weighted by Crippen LogP contribution is 1.75. The van der Waals surface area contributed by atoms with Gasteiger partial charge in [-0.05, 0) is 6.54 Å². The summed E-state index contributed by atoms with van der Waals surface area (Å²) in [7, 11) is 2.15. The van der Waals surface area contributed by atoms with Crippen LogP contribution in [0.25, 0.3) is 0 Å².